The van der Waals surface area contributed by atoms with Crippen LogP contribution >= 0.6 is 0 Å². The van der Waals surface area contributed by atoms with Gasteiger partial charge in [-0.25, -0.2) is 0 Å². The van der Waals surface area contributed by atoms with Gasteiger partial charge in [0.25, 0.3) is 0 Å². The normalized spacial score (nSPS) is 12.2. The summed E-state index contributed by atoms with van der Waals surface area (Å²) in [5.74, 6) is 1.40. The average Bonchev–Trinajstić information content (AvgIpc) is 2.38. The number of quaternary nitrogens is 1. The van der Waals surface area contributed by atoms with Crippen LogP contribution in [-0.4, -0.2) is 43.7 Å². The number of hydrogen-bond donors (Lipinski definition) is 3. The Kier molecular flexibility index (Phi) is 5.76. The zero-order chi connectivity index (χ0) is 12.7. The minimum atomic E-state index is -0.671. The Bertz CT molecular complexity index is 343. The third kappa shape index (κ3) is 4.22. The molecule has 0 heterocycles. The number of rotatable bonds is 7. The van der Waals surface area contributed by atoms with Gasteiger partial charge in [-0.05, 0) is 18.2 Å². The first-order valence-electron chi connectivity index (χ1n) is 5.52. The van der Waals surface area contributed by atoms with Crippen LogP contribution in [0.3, 0.4) is 0 Å². The molecule has 0 bridgehead atoms. The molecule has 1 atom stereocenters. The molecule has 1 aromatic carbocycles. The van der Waals surface area contributed by atoms with Gasteiger partial charge in [0, 0.05) is 5.56 Å². The lowest BCUT2D eigenvalue weighted by Crippen LogP contribution is -2.85. The molecule has 1 aromatic rings. The fourth-order valence-corrected chi connectivity index (χ4v) is 1.52. The number of benzene rings is 1. The number of hydrogen-bond acceptors (Lipinski definition) is 4. The summed E-state index contributed by atoms with van der Waals surface area (Å²) in [6, 6.07) is 5.70. The van der Waals surface area contributed by atoms with Crippen molar-refractivity contribution in [1.82, 2.24) is 0 Å². The van der Waals surface area contributed by atoms with Gasteiger partial charge in [0.1, 0.15) is 19.2 Å². The maximum atomic E-state index is 9.19. The summed E-state index contributed by atoms with van der Waals surface area (Å²) in [5, 5.41) is 19.8. The fraction of sp³-hybridized carbons (Fsp3) is 0.500. The molecule has 1 rings (SSSR count). The Balaban J connectivity index is 2.54. The van der Waals surface area contributed by atoms with Crippen LogP contribution < -0.4 is 14.8 Å². The molecule has 0 spiro atoms. The Labute approximate surface area is 101 Å². The highest BCUT2D eigenvalue weighted by atomic mass is 16.5. The zero-order valence-electron chi connectivity index (χ0n) is 10.2. The number of aliphatic hydroxyl groups is 2. The van der Waals surface area contributed by atoms with Gasteiger partial charge in [-0.15, -0.1) is 0 Å². The molecule has 96 valence electrons. The predicted molar refractivity (Wildman–Crippen MR) is 63.1 cm³/mol. The molecule has 0 radical (unpaired) electrons. The standard InChI is InChI=1S/C12H19NO4/c1-16-11-4-3-9(5-12(11)17-2)6-13-7-10(15)8-14/h3-5,10,13-15H,6-8H2,1-2H3/p+1/t10-/m1/s1. The van der Waals surface area contributed by atoms with Gasteiger partial charge >= 0.3 is 0 Å². The van der Waals surface area contributed by atoms with Crippen molar-refractivity contribution >= 4 is 0 Å². The van der Waals surface area contributed by atoms with Crippen LogP contribution in [0.25, 0.3) is 0 Å². The minimum absolute atomic E-state index is 0.206. The molecule has 0 aromatic heterocycles. The van der Waals surface area contributed by atoms with Crippen molar-refractivity contribution in [3.05, 3.63) is 23.8 Å². The molecule has 0 fully saturated rings. The summed E-state index contributed by atoms with van der Waals surface area (Å²) in [6.45, 7) is 0.991. The van der Waals surface area contributed by atoms with E-state index >= 15 is 0 Å². The van der Waals surface area contributed by atoms with E-state index in [0.29, 0.717) is 18.0 Å². The Hall–Kier alpha value is -1.30. The molecule has 0 aliphatic rings. The van der Waals surface area contributed by atoms with E-state index in [9.17, 15) is 5.11 Å². The lowest BCUT2D eigenvalue weighted by atomic mass is 10.2. The quantitative estimate of drug-likeness (QED) is 0.580. The van der Waals surface area contributed by atoms with E-state index in [1.807, 2.05) is 23.5 Å². The Morgan fingerprint density at radius 2 is 1.94 bits per heavy atom. The summed E-state index contributed by atoms with van der Waals surface area (Å²) in [4.78, 5) is 0. The molecule has 17 heavy (non-hydrogen) atoms. The van der Waals surface area contributed by atoms with Gasteiger partial charge in [0.2, 0.25) is 0 Å². The molecular weight excluding hydrogens is 222 g/mol. The summed E-state index contributed by atoms with van der Waals surface area (Å²) >= 11 is 0. The zero-order valence-corrected chi connectivity index (χ0v) is 10.2. The van der Waals surface area contributed by atoms with E-state index in [0.717, 1.165) is 12.1 Å². The van der Waals surface area contributed by atoms with Crippen molar-refractivity contribution in [1.29, 1.82) is 0 Å². The van der Waals surface area contributed by atoms with Crippen LogP contribution in [0, 0.1) is 0 Å². The molecule has 0 aliphatic heterocycles. The lowest BCUT2D eigenvalue weighted by Gasteiger charge is -2.10. The van der Waals surface area contributed by atoms with Crippen molar-refractivity contribution < 1.29 is 25.0 Å². The van der Waals surface area contributed by atoms with Gasteiger partial charge < -0.3 is 25.0 Å². The highest BCUT2D eigenvalue weighted by Gasteiger charge is 2.07. The van der Waals surface area contributed by atoms with Crippen LogP contribution in [0.15, 0.2) is 18.2 Å². The van der Waals surface area contributed by atoms with Gasteiger partial charge in [-0.2, -0.15) is 0 Å². The van der Waals surface area contributed by atoms with Gasteiger partial charge in [-0.1, -0.05) is 0 Å². The van der Waals surface area contributed by atoms with Crippen molar-refractivity contribution in [3.63, 3.8) is 0 Å². The first kappa shape index (κ1) is 13.8. The van der Waals surface area contributed by atoms with Crippen LogP contribution in [0.1, 0.15) is 5.56 Å². The molecule has 0 aliphatic carbocycles. The van der Waals surface area contributed by atoms with Crippen molar-refractivity contribution in [2.24, 2.45) is 0 Å². The molecule has 0 saturated heterocycles. The summed E-state index contributed by atoms with van der Waals surface area (Å²) in [5.41, 5.74) is 1.08. The number of methoxy groups -OCH3 is 2. The smallest absolute Gasteiger partial charge is 0.161 e. The highest BCUT2D eigenvalue weighted by Crippen LogP contribution is 2.27. The van der Waals surface area contributed by atoms with Gasteiger partial charge in [0.15, 0.2) is 11.5 Å². The minimum Gasteiger partial charge on any atom is -0.493 e. The van der Waals surface area contributed by atoms with E-state index in [4.69, 9.17) is 14.6 Å². The summed E-state index contributed by atoms with van der Waals surface area (Å²) in [6.07, 6.45) is -0.671. The Morgan fingerprint density at radius 3 is 2.53 bits per heavy atom. The topological polar surface area (TPSA) is 75.5 Å². The molecule has 5 heteroatoms. The second-order valence-corrected chi connectivity index (χ2v) is 3.75. The highest BCUT2D eigenvalue weighted by molar-refractivity contribution is 5.42. The van der Waals surface area contributed by atoms with E-state index in [1.165, 1.54) is 0 Å². The Morgan fingerprint density at radius 1 is 1.24 bits per heavy atom. The average molecular weight is 242 g/mol. The largest absolute Gasteiger partial charge is 0.493 e. The van der Waals surface area contributed by atoms with Crippen LogP contribution in [0.2, 0.25) is 0 Å². The van der Waals surface area contributed by atoms with Crippen LogP contribution in [0.5, 0.6) is 11.5 Å². The molecule has 4 N–H and O–H groups in total. The monoisotopic (exact) mass is 242 g/mol. The summed E-state index contributed by atoms with van der Waals surface area (Å²) in [7, 11) is 3.20. The maximum absolute atomic E-state index is 9.19. The summed E-state index contributed by atoms with van der Waals surface area (Å²) < 4.78 is 10.3. The first-order valence-corrected chi connectivity index (χ1v) is 5.52. The third-order valence-electron chi connectivity index (χ3n) is 2.48. The predicted octanol–water partition coefficient (Wildman–Crippen LogP) is -0.880. The van der Waals surface area contributed by atoms with E-state index < -0.39 is 6.10 Å². The van der Waals surface area contributed by atoms with Crippen molar-refractivity contribution in [3.8, 4) is 11.5 Å². The van der Waals surface area contributed by atoms with E-state index in [-0.39, 0.29) is 6.61 Å². The van der Waals surface area contributed by atoms with Crippen molar-refractivity contribution in [2.45, 2.75) is 12.6 Å². The van der Waals surface area contributed by atoms with Gasteiger partial charge in [-0.3, -0.25) is 0 Å². The number of nitrogens with two attached hydrogens (primary N) is 1. The number of aliphatic hydroxyl groups excluding tert-OH is 2. The second kappa shape index (κ2) is 7.11. The van der Waals surface area contributed by atoms with E-state index in [1.54, 1.807) is 14.2 Å². The van der Waals surface area contributed by atoms with Crippen LogP contribution in [-0.2, 0) is 6.54 Å². The third-order valence-corrected chi connectivity index (χ3v) is 2.48. The molecule has 5 nitrogen and oxygen atoms in total. The SMILES string of the molecule is COc1ccc(C[NH2+]C[C@@H](O)CO)cc1OC. The molecular formula is C12H20NO4+. The number of ether oxygens (including phenoxy) is 2. The van der Waals surface area contributed by atoms with Crippen LogP contribution in [0.4, 0.5) is 0 Å². The first-order chi connectivity index (χ1) is 8.21. The molecule has 0 unspecified atom stereocenters. The molecule has 0 amide bonds. The maximum Gasteiger partial charge on any atom is 0.161 e. The second-order valence-electron chi connectivity index (χ2n) is 3.75. The van der Waals surface area contributed by atoms with Crippen molar-refractivity contribution in [2.75, 3.05) is 27.4 Å². The van der Waals surface area contributed by atoms with Gasteiger partial charge in [0.05, 0.1) is 20.8 Å². The lowest BCUT2D eigenvalue weighted by molar-refractivity contribution is -0.676. The fourth-order valence-electron chi connectivity index (χ4n) is 1.52. The van der Waals surface area contributed by atoms with E-state index in [2.05, 4.69) is 0 Å². The molecule has 0 saturated carbocycles.